The molecule has 1 aromatic heterocycles. The van der Waals surface area contributed by atoms with Gasteiger partial charge in [-0.1, -0.05) is 0 Å². The van der Waals surface area contributed by atoms with Gasteiger partial charge in [-0.2, -0.15) is 5.10 Å². The molecule has 1 amide bonds. The predicted octanol–water partition coefficient (Wildman–Crippen LogP) is 2.23. The van der Waals surface area contributed by atoms with E-state index >= 15 is 0 Å². The molecule has 1 fully saturated rings. The second kappa shape index (κ2) is 7.63. The molecule has 1 N–H and O–H groups in total. The smallest absolute Gasteiger partial charge is 0.409 e. The van der Waals surface area contributed by atoms with Crippen LogP contribution in [0.5, 0.6) is 0 Å². The zero-order valence-electron chi connectivity index (χ0n) is 14.2. The number of nitrogens with one attached hydrogen (secondary N) is 1. The Hall–Kier alpha value is -1.56. The van der Waals surface area contributed by atoms with Crippen LogP contribution >= 0.6 is 0 Å². The molecule has 2 rings (SSSR count). The molecule has 6 nitrogen and oxygen atoms in total. The predicted molar refractivity (Wildman–Crippen MR) is 85.8 cm³/mol. The number of hydrogen-bond donors (Lipinski definition) is 1. The third-order valence-electron chi connectivity index (χ3n) is 4.42. The quantitative estimate of drug-likeness (QED) is 0.906. The van der Waals surface area contributed by atoms with Gasteiger partial charge in [0, 0.05) is 43.5 Å². The summed E-state index contributed by atoms with van der Waals surface area (Å²) in [5.41, 5.74) is 3.65. The molecule has 2 heterocycles. The maximum absolute atomic E-state index is 11.7. The maximum Gasteiger partial charge on any atom is 0.409 e. The van der Waals surface area contributed by atoms with Gasteiger partial charge >= 0.3 is 6.09 Å². The molecule has 0 aliphatic carbocycles. The number of aromatic nitrogens is 2. The van der Waals surface area contributed by atoms with Gasteiger partial charge in [0.15, 0.2) is 0 Å². The Balaban J connectivity index is 1.82. The lowest BCUT2D eigenvalue weighted by Crippen LogP contribution is -2.45. The van der Waals surface area contributed by atoms with Crippen LogP contribution in [0.4, 0.5) is 4.79 Å². The van der Waals surface area contributed by atoms with Crippen molar-refractivity contribution in [3.05, 3.63) is 17.0 Å². The monoisotopic (exact) mass is 308 g/mol. The van der Waals surface area contributed by atoms with Crippen molar-refractivity contribution in [2.75, 3.05) is 19.7 Å². The van der Waals surface area contributed by atoms with E-state index in [1.54, 1.807) is 4.90 Å². The van der Waals surface area contributed by atoms with Gasteiger partial charge in [-0.3, -0.25) is 4.68 Å². The molecule has 1 saturated heterocycles. The first kappa shape index (κ1) is 16.8. The van der Waals surface area contributed by atoms with E-state index in [0.717, 1.165) is 44.7 Å². The number of nitrogens with zero attached hydrogens (tertiary/aromatic N) is 3. The molecule has 1 aliphatic rings. The average Bonchev–Trinajstić information content (AvgIpc) is 2.80. The Kier molecular flexibility index (Phi) is 5.83. The lowest BCUT2D eigenvalue weighted by atomic mass is 10.0. The molecule has 22 heavy (non-hydrogen) atoms. The molecule has 6 heteroatoms. The summed E-state index contributed by atoms with van der Waals surface area (Å²) in [6.45, 7) is 11.9. The van der Waals surface area contributed by atoms with Crippen LogP contribution in [0.25, 0.3) is 0 Å². The van der Waals surface area contributed by atoms with Crippen LogP contribution in [-0.2, 0) is 17.8 Å². The number of carbonyl (C=O) groups excluding carboxylic acids is 1. The fourth-order valence-corrected chi connectivity index (χ4v) is 3.03. The number of likely N-dealkylation sites (tertiary alicyclic amines) is 1. The van der Waals surface area contributed by atoms with Crippen molar-refractivity contribution in [2.24, 2.45) is 0 Å². The summed E-state index contributed by atoms with van der Waals surface area (Å²) in [6.07, 6.45) is 1.76. The van der Waals surface area contributed by atoms with Crippen LogP contribution in [0.15, 0.2) is 0 Å². The number of rotatable bonds is 5. The summed E-state index contributed by atoms with van der Waals surface area (Å²) < 4.78 is 7.10. The molecular formula is C16H28N4O2. The largest absolute Gasteiger partial charge is 0.450 e. The van der Waals surface area contributed by atoms with Gasteiger partial charge in [-0.05, 0) is 40.5 Å². The van der Waals surface area contributed by atoms with E-state index in [2.05, 4.69) is 35.9 Å². The SMILES string of the molecule is CCOC(=O)N1CCC(NCc2c(C)nn(CC)c2C)CC1. The molecule has 0 unspecified atom stereocenters. The molecule has 0 atom stereocenters. The third kappa shape index (κ3) is 3.80. The molecule has 1 aromatic rings. The first-order valence-electron chi connectivity index (χ1n) is 8.24. The van der Waals surface area contributed by atoms with Crippen molar-refractivity contribution in [3.8, 4) is 0 Å². The summed E-state index contributed by atoms with van der Waals surface area (Å²) in [4.78, 5) is 13.5. The highest BCUT2D eigenvalue weighted by Gasteiger charge is 2.23. The van der Waals surface area contributed by atoms with Crippen LogP contribution in [0.1, 0.15) is 43.6 Å². The van der Waals surface area contributed by atoms with E-state index in [4.69, 9.17) is 4.74 Å². The molecule has 0 radical (unpaired) electrons. The Morgan fingerprint density at radius 2 is 2.00 bits per heavy atom. The van der Waals surface area contributed by atoms with Gasteiger partial charge < -0.3 is 15.0 Å². The fourth-order valence-electron chi connectivity index (χ4n) is 3.03. The lowest BCUT2D eigenvalue weighted by Gasteiger charge is -2.31. The van der Waals surface area contributed by atoms with E-state index in [-0.39, 0.29) is 6.09 Å². The average molecular weight is 308 g/mol. The minimum atomic E-state index is -0.183. The summed E-state index contributed by atoms with van der Waals surface area (Å²) in [5, 5.41) is 8.17. The van der Waals surface area contributed by atoms with E-state index in [1.165, 1.54) is 11.3 Å². The second-order valence-electron chi connectivity index (χ2n) is 5.81. The van der Waals surface area contributed by atoms with Crippen molar-refractivity contribution in [2.45, 2.75) is 59.7 Å². The van der Waals surface area contributed by atoms with E-state index < -0.39 is 0 Å². The first-order valence-corrected chi connectivity index (χ1v) is 8.24. The highest BCUT2D eigenvalue weighted by atomic mass is 16.6. The lowest BCUT2D eigenvalue weighted by molar-refractivity contribution is 0.0950. The number of ether oxygens (including phenoxy) is 1. The number of carbonyl (C=O) groups is 1. The standard InChI is InChI=1S/C16H28N4O2/c1-5-20-13(4)15(12(3)18-20)11-17-14-7-9-19(10-8-14)16(21)22-6-2/h14,17H,5-11H2,1-4H3. The number of piperidine rings is 1. The van der Waals surface area contributed by atoms with Crippen LogP contribution in [0, 0.1) is 13.8 Å². The Morgan fingerprint density at radius 1 is 1.32 bits per heavy atom. The normalized spacial score (nSPS) is 16.1. The van der Waals surface area contributed by atoms with Gasteiger partial charge in [0.2, 0.25) is 0 Å². The summed E-state index contributed by atoms with van der Waals surface area (Å²) in [7, 11) is 0. The number of amides is 1. The molecular weight excluding hydrogens is 280 g/mol. The van der Waals surface area contributed by atoms with Gasteiger partial charge in [-0.25, -0.2) is 4.79 Å². The minimum absolute atomic E-state index is 0.183. The molecule has 0 saturated carbocycles. The number of hydrogen-bond acceptors (Lipinski definition) is 4. The van der Waals surface area contributed by atoms with Crippen molar-refractivity contribution in [1.29, 1.82) is 0 Å². The third-order valence-corrected chi connectivity index (χ3v) is 4.42. The maximum atomic E-state index is 11.7. The van der Waals surface area contributed by atoms with E-state index in [1.807, 2.05) is 6.92 Å². The Bertz CT molecular complexity index is 504. The van der Waals surface area contributed by atoms with Gasteiger partial charge in [0.05, 0.1) is 12.3 Å². The van der Waals surface area contributed by atoms with Gasteiger partial charge in [0.25, 0.3) is 0 Å². The van der Waals surface area contributed by atoms with Crippen molar-refractivity contribution >= 4 is 6.09 Å². The molecule has 0 aromatic carbocycles. The summed E-state index contributed by atoms with van der Waals surface area (Å²) >= 11 is 0. The zero-order chi connectivity index (χ0) is 16.1. The van der Waals surface area contributed by atoms with Crippen molar-refractivity contribution in [3.63, 3.8) is 0 Å². The van der Waals surface area contributed by atoms with Crippen LogP contribution in [0.3, 0.4) is 0 Å². The highest BCUT2D eigenvalue weighted by molar-refractivity contribution is 5.67. The highest BCUT2D eigenvalue weighted by Crippen LogP contribution is 2.16. The van der Waals surface area contributed by atoms with Crippen molar-refractivity contribution < 1.29 is 9.53 Å². The fraction of sp³-hybridized carbons (Fsp3) is 0.750. The molecule has 124 valence electrons. The first-order chi connectivity index (χ1) is 10.6. The summed E-state index contributed by atoms with van der Waals surface area (Å²) in [5.74, 6) is 0. The Labute approximate surface area is 132 Å². The topological polar surface area (TPSA) is 59.4 Å². The van der Waals surface area contributed by atoms with Crippen molar-refractivity contribution in [1.82, 2.24) is 20.0 Å². The number of aryl methyl sites for hydroxylation is 2. The van der Waals surface area contributed by atoms with Crippen LogP contribution in [0.2, 0.25) is 0 Å². The Morgan fingerprint density at radius 3 is 2.55 bits per heavy atom. The molecule has 0 spiro atoms. The van der Waals surface area contributed by atoms with Crippen LogP contribution in [-0.4, -0.2) is 46.5 Å². The molecule has 1 aliphatic heterocycles. The van der Waals surface area contributed by atoms with Gasteiger partial charge in [-0.15, -0.1) is 0 Å². The summed E-state index contributed by atoms with van der Waals surface area (Å²) in [6, 6.07) is 0.453. The zero-order valence-corrected chi connectivity index (χ0v) is 14.2. The van der Waals surface area contributed by atoms with Gasteiger partial charge in [0.1, 0.15) is 0 Å². The van der Waals surface area contributed by atoms with E-state index in [0.29, 0.717) is 12.6 Å². The molecule has 0 bridgehead atoms. The van der Waals surface area contributed by atoms with Crippen LogP contribution < -0.4 is 5.32 Å². The minimum Gasteiger partial charge on any atom is -0.450 e. The van der Waals surface area contributed by atoms with E-state index in [9.17, 15) is 4.79 Å². The second-order valence-corrected chi connectivity index (χ2v) is 5.81.